The average molecular weight is 291 g/mol. The number of ether oxygens (including phenoxy) is 1. The van der Waals surface area contributed by atoms with Crippen molar-refractivity contribution in [3.8, 4) is 0 Å². The monoisotopic (exact) mass is 291 g/mol. The third kappa shape index (κ3) is 5.69. The van der Waals surface area contributed by atoms with Gasteiger partial charge in [-0.15, -0.1) is 0 Å². The topological polar surface area (TPSA) is 75.8 Å². The van der Waals surface area contributed by atoms with Crippen LogP contribution in [0.25, 0.3) is 0 Å². The van der Waals surface area contributed by atoms with Crippen LogP contribution in [0.1, 0.15) is 12.6 Å². The van der Waals surface area contributed by atoms with Gasteiger partial charge < -0.3 is 15.8 Å². The van der Waals surface area contributed by atoms with Crippen molar-refractivity contribution in [2.24, 2.45) is 10.7 Å². The van der Waals surface area contributed by atoms with E-state index in [0.29, 0.717) is 18.5 Å². The molecule has 2 heterocycles. The summed E-state index contributed by atoms with van der Waals surface area (Å²) in [7, 11) is 0. The first kappa shape index (κ1) is 15.7. The molecule has 0 radical (unpaired) electrons. The van der Waals surface area contributed by atoms with E-state index in [1.54, 1.807) is 6.20 Å². The van der Waals surface area contributed by atoms with Crippen molar-refractivity contribution < 1.29 is 4.74 Å². The second-order valence-corrected chi connectivity index (χ2v) is 5.22. The predicted molar refractivity (Wildman–Crippen MR) is 84.3 cm³/mol. The normalized spacial score (nSPS) is 18.4. The number of pyridine rings is 1. The minimum absolute atomic E-state index is 0.394. The quantitative estimate of drug-likeness (QED) is 0.580. The van der Waals surface area contributed by atoms with Crippen LogP contribution in [0.4, 0.5) is 0 Å². The van der Waals surface area contributed by atoms with Crippen LogP contribution in [0.2, 0.25) is 0 Å². The summed E-state index contributed by atoms with van der Waals surface area (Å²) < 4.78 is 5.35. The zero-order chi connectivity index (χ0) is 14.9. The number of hydrogen-bond acceptors (Lipinski definition) is 4. The highest BCUT2D eigenvalue weighted by Gasteiger charge is 2.16. The Morgan fingerprint density at radius 2 is 2.29 bits per heavy atom. The number of hydrogen-bond donors (Lipinski definition) is 2. The maximum absolute atomic E-state index is 5.89. The molecule has 116 valence electrons. The fourth-order valence-corrected chi connectivity index (χ4v) is 2.28. The Morgan fingerprint density at radius 3 is 3.00 bits per heavy atom. The number of nitrogens with two attached hydrogens (primary N) is 1. The molecule has 0 aliphatic carbocycles. The molecule has 1 aliphatic rings. The highest BCUT2D eigenvalue weighted by Crippen LogP contribution is 2.03. The molecular weight excluding hydrogens is 266 g/mol. The van der Waals surface area contributed by atoms with E-state index >= 15 is 0 Å². The molecule has 6 nitrogen and oxygen atoms in total. The first-order valence-electron chi connectivity index (χ1n) is 7.51. The Labute approximate surface area is 126 Å². The standard InChI is InChI=1S/C15H25N5O/c1-13(20-8-10-21-11-9-20)12-19-15(16)18-7-5-14-4-2-3-6-17-14/h2-4,6,13H,5,7-12H2,1H3,(H3,16,18,19). The number of rotatable bonds is 6. The van der Waals surface area contributed by atoms with Gasteiger partial charge in [-0.25, -0.2) is 0 Å². The summed E-state index contributed by atoms with van der Waals surface area (Å²) in [5.41, 5.74) is 6.95. The third-order valence-corrected chi connectivity index (χ3v) is 3.61. The smallest absolute Gasteiger partial charge is 0.188 e. The Kier molecular flexibility index (Phi) is 6.43. The van der Waals surface area contributed by atoms with Gasteiger partial charge in [-0.3, -0.25) is 14.9 Å². The second-order valence-electron chi connectivity index (χ2n) is 5.22. The fourth-order valence-electron chi connectivity index (χ4n) is 2.28. The molecule has 1 aromatic rings. The van der Waals surface area contributed by atoms with Crippen molar-refractivity contribution in [2.45, 2.75) is 19.4 Å². The summed E-state index contributed by atoms with van der Waals surface area (Å²) in [6, 6.07) is 6.31. The minimum atomic E-state index is 0.394. The largest absolute Gasteiger partial charge is 0.379 e. The van der Waals surface area contributed by atoms with Gasteiger partial charge in [-0.05, 0) is 19.1 Å². The molecule has 0 amide bonds. The van der Waals surface area contributed by atoms with E-state index in [9.17, 15) is 0 Å². The van der Waals surface area contributed by atoms with Crippen molar-refractivity contribution in [3.63, 3.8) is 0 Å². The molecule has 21 heavy (non-hydrogen) atoms. The Balaban J connectivity index is 1.66. The van der Waals surface area contributed by atoms with E-state index in [-0.39, 0.29) is 0 Å². The highest BCUT2D eigenvalue weighted by molar-refractivity contribution is 5.77. The van der Waals surface area contributed by atoms with Gasteiger partial charge in [0.05, 0.1) is 19.8 Å². The van der Waals surface area contributed by atoms with E-state index in [1.165, 1.54) is 0 Å². The summed E-state index contributed by atoms with van der Waals surface area (Å²) in [5.74, 6) is 0.506. The molecule has 1 aromatic heterocycles. The van der Waals surface area contributed by atoms with E-state index in [0.717, 1.165) is 45.0 Å². The molecule has 1 aliphatic heterocycles. The summed E-state index contributed by atoms with van der Waals surface area (Å²) in [4.78, 5) is 11.1. The number of nitrogens with one attached hydrogen (secondary N) is 1. The first-order chi connectivity index (χ1) is 10.3. The van der Waals surface area contributed by atoms with Gasteiger partial charge in [0.15, 0.2) is 5.96 Å². The van der Waals surface area contributed by atoms with Gasteiger partial charge >= 0.3 is 0 Å². The molecule has 1 atom stereocenters. The van der Waals surface area contributed by atoms with Crippen molar-refractivity contribution in [1.29, 1.82) is 0 Å². The molecule has 3 N–H and O–H groups in total. The number of nitrogens with zero attached hydrogens (tertiary/aromatic N) is 3. The van der Waals surface area contributed by atoms with Crippen LogP contribution in [-0.2, 0) is 11.2 Å². The van der Waals surface area contributed by atoms with Crippen LogP contribution < -0.4 is 11.1 Å². The SMILES string of the molecule is CC(CN=C(N)NCCc1ccccn1)N1CCOCC1. The van der Waals surface area contributed by atoms with Crippen LogP contribution >= 0.6 is 0 Å². The van der Waals surface area contributed by atoms with Gasteiger partial charge in [0.25, 0.3) is 0 Å². The number of morpholine rings is 1. The average Bonchev–Trinajstić information content (AvgIpc) is 2.54. The molecule has 0 bridgehead atoms. The van der Waals surface area contributed by atoms with Gasteiger partial charge in [-0.2, -0.15) is 0 Å². The predicted octanol–water partition coefficient (Wildman–Crippen LogP) is 0.249. The van der Waals surface area contributed by atoms with Gasteiger partial charge in [0, 0.05) is 44.0 Å². The zero-order valence-corrected chi connectivity index (χ0v) is 12.7. The molecule has 1 unspecified atom stereocenters. The zero-order valence-electron chi connectivity index (χ0n) is 12.7. The molecular formula is C15H25N5O. The lowest BCUT2D eigenvalue weighted by Crippen LogP contribution is -2.44. The van der Waals surface area contributed by atoms with E-state index < -0.39 is 0 Å². The number of aromatic nitrogens is 1. The summed E-state index contributed by atoms with van der Waals surface area (Å²) in [6.45, 7) is 7.21. The molecule has 0 aromatic carbocycles. The fraction of sp³-hybridized carbons (Fsp3) is 0.600. The lowest BCUT2D eigenvalue weighted by atomic mass is 10.2. The summed E-state index contributed by atoms with van der Waals surface area (Å²) >= 11 is 0. The van der Waals surface area contributed by atoms with Crippen molar-refractivity contribution in [3.05, 3.63) is 30.1 Å². The van der Waals surface area contributed by atoms with E-state index in [4.69, 9.17) is 10.5 Å². The van der Waals surface area contributed by atoms with Crippen LogP contribution in [-0.4, -0.2) is 61.3 Å². The Morgan fingerprint density at radius 1 is 1.48 bits per heavy atom. The number of aliphatic imine (C=N–C) groups is 1. The third-order valence-electron chi connectivity index (χ3n) is 3.61. The van der Waals surface area contributed by atoms with Crippen LogP contribution in [0.5, 0.6) is 0 Å². The number of guanidine groups is 1. The molecule has 2 rings (SSSR count). The molecule has 6 heteroatoms. The van der Waals surface area contributed by atoms with E-state index in [2.05, 4.69) is 27.1 Å². The van der Waals surface area contributed by atoms with Gasteiger partial charge in [-0.1, -0.05) is 6.07 Å². The second kappa shape index (κ2) is 8.59. The maximum Gasteiger partial charge on any atom is 0.188 e. The maximum atomic E-state index is 5.89. The first-order valence-corrected chi connectivity index (χ1v) is 7.51. The highest BCUT2D eigenvalue weighted by atomic mass is 16.5. The lowest BCUT2D eigenvalue weighted by Gasteiger charge is -2.31. The van der Waals surface area contributed by atoms with Crippen molar-refractivity contribution in [2.75, 3.05) is 39.4 Å². The Bertz CT molecular complexity index is 431. The van der Waals surface area contributed by atoms with Crippen molar-refractivity contribution >= 4 is 5.96 Å². The Hall–Kier alpha value is -1.66. The van der Waals surface area contributed by atoms with Gasteiger partial charge in [0.2, 0.25) is 0 Å². The van der Waals surface area contributed by atoms with Crippen LogP contribution in [0.3, 0.4) is 0 Å². The molecule has 1 fully saturated rings. The molecule has 0 spiro atoms. The lowest BCUT2D eigenvalue weighted by molar-refractivity contribution is 0.0220. The summed E-state index contributed by atoms with van der Waals surface area (Å²) in [6.07, 6.45) is 2.65. The summed E-state index contributed by atoms with van der Waals surface area (Å²) in [5, 5.41) is 3.13. The van der Waals surface area contributed by atoms with E-state index in [1.807, 2.05) is 18.2 Å². The van der Waals surface area contributed by atoms with Gasteiger partial charge in [0.1, 0.15) is 0 Å². The minimum Gasteiger partial charge on any atom is -0.379 e. The van der Waals surface area contributed by atoms with Crippen LogP contribution in [0.15, 0.2) is 29.4 Å². The molecule has 1 saturated heterocycles. The van der Waals surface area contributed by atoms with Crippen molar-refractivity contribution in [1.82, 2.24) is 15.2 Å². The van der Waals surface area contributed by atoms with Crippen LogP contribution in [0, 0.1) is 0 Å². The molecule has 0 saturated carbocycles.